The molecule has 1 aliphatic heterocycles. The largest absolute Gasteiger partial charge is 0.396 e. The van der Waals surface area contributed by atoms with Crippen molar-refractivity contribution in [1.82, 2.24) is 4.67 Å². The lowest BCUT2D eigenvalue weighted by atomic mass is 9.92. The smallest absolute Gasteiger partial charge is 0.0593 e. The van der Waals surface area contributed by atoms with Crippen molar-refractivity contribution in [1.29, 1.82) is 0 Å². The van der Waals surface area contributed by atoms with Crippen LogP contribution in [0.5, 0.6) is 0 Å². The van der Waals surface area contributed by atoms with Crippen molar-refractivity contribution in [2.24, 2.45) is 5.92 Å². The van der Waals surface area contributed by atoms with E-state index in [0.717, 1.165) is 19.4 Å². The topological polar surface area (TPSA) is 43.7 Å². The Morgan fingerprint density at radius 3 is 2.55 bits per heavy atom. The van der Waals surface area contributed by atoms with E-state index in [9.17, 15) is 0 Å². The highest BCUT2D eigenvalue weighted by Crippen LogP contribution is 2.25. The maximum atomic E-state index is 9.00. The molecular formula is C7H16NO2P. The van der Waals surface area contributed by atoms with Crippen LogP contribution in [0, 0.1) is 5.92 Å². The summed E-state index contributed by atoms with van der Waals surface area (Å²) in [5, 5.41) is 18.0. The molecule has 66 valence electrons. The highest BCUT2D eigenvalue weighted by molar-refractivity contribution is 7.13. The van der Waals surface area contributed by atoms with Crippen LogP contribution in [0.2, 0.25) is 0 Å². The molecule has 1 fully saturated rings. The van der Waals surface area contributed by atoms with Gasteiger partial charge >= 0.3 is 0 Å². The molecular weight excluding hydrogens is 161 g/mol. The summed E-state index contributed by atoms with van der Waals surface area (Å²) in [4.78, 5) is 0. The molecule has 3 nitrogen and oxygen atoms in total. The molecule has 0 radical (unpaired) electrons. The van der Waals surface area contributed by atoms with Gasteiger partial charge in [-0.25, -0.2) is 0 Å². The average Bonchev–Trinajstić information content (AvgIpc) is 2.04. The Kier molecular flexibility index (Phi) is 3.73. The summed E-state index contributed by atoms with van der Waals surface area (Å²) in [6, 6.07) is 0.138. The zero-order valence-electron chi connectivity index (χ0n) is 6.61. The molecule has 1 aliphatic rings. The normalized spacial score (nSPS) is 34.1. The minimum atomic E-state index is 0.138. The molecule has 0 amide bonds. The maximum absolute atomic E-state index is 9.00. The molecule has 4 heteroatoms. The molecule has 0 aromatic rings. The molecule has 0 spiro atoms. The second-order valence-corrected chi connectivity index (χ2v) is 3.74. The van der Waals surface area contributed by atoms with E-state index < -0.39 is 0 Å². The highest BCUT2D eigenvalue weighted by atomic mass is 31.0. The summed E-state index contributed by atoms with van der Waals surface area (Å²) >= 11 is 0. The minimum absolute atomic E-state index is 0.138. The van der Waals surface area contributed by atoms with Crippen LogP contribution < -0.4 is 0 Å². The average molecular weight is 177 g/mol. The molecule has 0 aromatic heterocycles. The summed E-state index contributed by atoms with van der Waals surface area (Å²) in [5.41, 5.74) is 0. The van der Waals surface area contributed by atoms with E-state index in [1.165, 1.54) is 0 Å². The molecule has 1 rings (SSSR count). The van der Waals surface area contributed by atoms with Gasteiger partial charge in [0.2, 0.25) is 0 Å². The van der Waals surface area contributed by atoms with Gasteiger partial charge in [-0.1, -0.05) is 9.39 Å². The molecule has 0 bridgehead atoms. The zero-order valence-corrected chi connectivity index (χ0v) is 7.76. The molecule has 1 saturated heterocycles. The highest BCUT2D eigenvalue weighted by Gasteiger charge is 2.27. The van der Waals surface area contributed by atoms with Crippen molar-refractivity contribution >= 4 is 9.39 Å². The minimum Gasteiger partial charge on any atom is -0.396 e. The predicted molar refractivity (Wildman–Crippen MR) is 47.1 cm³/mol. The Morgan fingerprint density at radius 1 is 1.36 bits per heavy atom. The third kappa shape index (κ3) is 2.12. The summed E-state index contributed by atoms with van der Waals surface area (Å²) in [5.74, 6) is 0.256. The number of hydrogen-bond acceptors (Lipinski definition) is 3. The predicted octanol–water partition coefficient (Wildman–Crippen LogP) is -0.158. The van der Waals surface area contributed by atoms with Crippen LogP contribution in [0.1, 0.15) is 12.8 Å². The SMILES string of the molecule is OC[C@H]1CCCN(P)[C@H]1CO. The second kappa shape index (κ2) is 4.36. The van der Waals surface area contributed by atoms with E-state index in [1.807, 2.05) is 4.67 Å². The fourth-order valence-corrected chi connectivity index (χ4v) is 2.15. The van der Waals surface area contributed by atoms with Gasteiger partial charge in [0.1, 0.15) is 0 Å². The molecule has 0 saturated carbocycles. The van der Waals surface area contributed by atoms with Crippen molar-refractivity contribution in [2.45, 2.75) is 18.9 Å². The van der Waals surface area contributed by atoms with Crippen LogP contribution in [0.4, 0.5) is 0 Å². The van der Waals surface area contributed by atoms with Crippen molar-refractivity contribution in [3.8, 4) is 0 Å². The third-order valence-electron chi connectivity index (χ3n) is 2.38. The zero-order chi connectivity index (χ0) is 8.27. The van der Waals surface area contributed by atoms with Crippen molar-refractivity contribution in [3.05, 3.63) is 0 Å². The standard InChI is InChI=1S/C7H16NO2P/c9-4-6-2-1-3-8(11)7(6)5-10/h6-7,9-10H,1-5,11H2/t6-,7+/m1/s1. The number of nitrogens with zero attached hydrogens (tertiary/aromatic N) is 1. The molecule has 11 heavy (non-hydrogen) atoms. The van der Waals surface area contributed by atoms with Gasteiger partial charge in [0, 0.05) is 25.1 Å². The van der Waals surface area contributed by atoms with Gasteiger partial charge in [-0.15, -0.1) is 0 Å². The molecule has 1 heterocycles. The summed E-state index contributed by atoms with van der Waals surface area (Å²) in [6.45, 7) is 1.34. The molecule has 0 aromatic carbocycles. The lowest BCUT2D eigenvalue weighted by Gasteiger charge is -2.36. The van der Waals surface area contributed by atoms with Gasteiger partial charge in [-0.2, -0.15) is 0 Å². The van der Waals surface area contributed by atoms with E-state index in [0.29, 0.717) is 0 Å². The Labute approximate surface area is 69.7 Å². The first-order chi connectivity index (χ1) is 5.29. The number of rotatable bonds is 2. The van der Waals surface area contributed by atoms with Gasteiger partial charge in [-0.05, 0) is 12.8 Å². The van der Waals surface area contributed by atoms with E-state index in [4.69, 9.17) is 10.2 Å². The van der Waals surface area contributed by atoms with E-state index in [-0.39, 0.29) is 25.2 Å². The van der Waals surface area contributed by atoms with Gasteiger partial charge in [0.05, 0.1) is 6.61 Å². The lowest BCUT2D eigenvalue weighted by molar-refractivity contribution is 0.0726. The van der Waals surface area contributed by atoms with Crippen LogP contribution in [-0.2, 0) is 0 Å². The molecule has 2 N–H and O–H groups in total. The number of piperidine rings is 1. The molecule has 0 aliphatic carbocycles. The first-order valence-corrected chi connectivity index (χ1v) is 4.54. The first-order valence-electron chi connectivity index (χ1n) is 4.02. The second-order valence-electron chi connectivity index (χ2n) is 3.07. The Bertz CT molecular complexity index is 123. The van der Waals surface area contributed by atoms with Crippen LogP contribution in [0.15, 0.2) is 0 Å². The van der Waals surface area contributed by atoms with Crippen LogP contribution in [0.25, 0.3) is 0 Å². The van der Waals surface area contributed by atoms with Crippen molar-refractivity contribution in [2.75, 3.05) is 19.8 Å². The quantitative estimate of drug-likeness (QED) is 0.576. The van der Waals surface area contributed by atoms with Crippen LogP contribution in [-0.4, -0.2) is 40.7 Å². The lowest BCUT2D eigenvalue weighted by Crippen LogP contribution is -2.43. The molecule has 1 unspecified atom stereocenters. The van der Waals surface area contributed by atoms with Crippen LogP contribution >= 0.6 is 9.39 Å². The number of aliphatic hydroxyl groups excluding tert-OH is 2. The Hall–Kier alpha value is 0.310. The number of aliphatic hydroxyl groups is 2. The summed E-state index contributed by atoms with van der Waals surface area (Å²) in [6.07, 6.45) is 2.15. The fourth-order valence-electron chi connectivity index (χ4n) is 1.63. The van der Waals surface area contributed by atoms with Gasteiger partial charge < -0.3 is 10.2 Å². The fraction of sp³-hybridized carbons (Fsp3) is 1.00. The maximum Gasteiger partial charge on any atom is 0.0593 e. The Morgan fingerprint density at radius 2 is 2.09 bits per heavy atom. The third-order valence-corrected chi connectivity index (χ3v) is 3.02. The monoisotopic (exact) mass is 177 g/mol. The van der Waals surface area contributed by atoms with Crippen LogP contribution in [0.3, 0.4) is 0 Å². The first kappa shape index (κ1) is 9.40. The Balaban J connectivity index is 2.48. The number of hydrogen-bond donors (Lipinski definition) is 2. The van der Waals surface area contributed by atoms with E-state index in [1.54, 1.807) is 0 Å². The van der Waals surface area contributed by atoms with Gasteiger partial charge in [0.15, 0.2) is 0 Å². The molecule has 3 atom stereocenters. The summed E-state index contributed by atoms with van der Waals surface area (Å²) < 4.78 is 2.05. The van der Waals surface area contributed by atoms with Crippen molar-refractivity contribution < 1.29 is 10.2 Å². The van der Waals surface area contributed by atoms with Gasteiger partial charge in [0.25, 0.3) is 0 Å². The van der Waals surface area contributed by atoms with Crippen molar-refractivity contribution in [3.63, 3.8) is 0 Å². The van der Waals surface area contributed by atoms with Gasteiger partial charge in [-0.3, -0.25) is 4.67 Å². The van der Waals surface area contributed by atoms with E-state index >= 15 is 0 Å². The summed E-state index contributed by atoms with van der Waals surface area (Å²) in [7, 11) is 2.61. The van der Waals surface area contributed by atoms with E-state index in [2.05, 4.69) is 9.39 Å².